The minimum absolute atomic E-state index is 0.128. The van der Waals surface area contributed by atoms with Crippen LogP contribution in [0.4, 0.5) is 0 Å². The van der Waals surface area contributed by atoms with Gasteiger partial charge in [0.05, 0.1) is 5.75 Å². The van der Waals surface area contributed by atoms with Crippen molar-refractivity contribution in [2.75, 3.05) is 5.75 Å². The minimum Gasteiger partial charge on any atom is -0.480 e. The molecule has 0 saturated carbocycles. The van der Waals surface area contributed by atoms with E-state index in [1.54, 1.807) is 6.92 Å². The fraction of sp³-hybridized carbons (Fsp3) is 0.400. The second-order valence-electron chi connectivity index (χ2n) is 3.45. The maximum atomic E-state index is 10.7. The molecule has 1 heterocycles. The van der Waals surface area contributed by atoms with Crippen molar-refractivity contribution in [2.45, 2.75) is 18.7 Å². The summed E-state index contributed by atoms with van der Waals surface area (Å²) in [4.78, 5) is 21.2. The largest absolute Gasteiger partial charge is 0.480 e. The molecule has 0 radical (unpaired) electrons. The highest BCUT2D eigenvalue weighted by molar-refractivity contribution is 7.98. The van der Waals surface area contributed by atoms with E-state index in [0.29, 0.717) is 17.3 Å². The normalized spacial score (nSPS) is 12.4. The molecular weight excluding hydrogens is 246 g/mol. The summed E-state index contributed by atoms with van der Waals surface area (Å²) < 4.78 is 5.23. The van der Waals surface area contributed by atoms with Crippen molar-refractivity contribution in [3.63, 3.8) is 0 Å². The van der Waals surface area contributed by atoms with Crippen LogP contribution >= 0.6 is 11.8 Å². The number of carboxylic acids is 2. The van der Waals surface area contributed by atoms with Crippen LogP contribution in [0.3, 0.4) is 0 Å². The van der Waals surface area contributed by atoms with E-state index in [1.807, 2.05) is 0 Å². The van der Waals surface area contributed by atoms with Crippen molar-refractivity contribution in [1.29, 1.82) is 0 Å². The molecule has 0 bridgehead atoms. The topological polar surface area (TPSA) is 114 Å². The molecule has 7 heteroatoms. The first-order valence-electron chi connectivity index (χ1n) is 4.80. The molecule has 4 N–H and O–H groups in total. The number of carboxylic acid groups (broad SMARTS) is 2. The average Bonchev–Trinajstić information content (AvgIpc) is 2.59. The molecule has 17 heavy (non-hydrogen) atoms. The monoisotopic (exact) mass is 259 g/mol. The maximum absolute atomic E-state index is 10.7. The Kier molecular flexibility index (Phi) is 4.59. The first-order valence-corrected chi connectivity index (χ1v) is 5.96. The molecule has 6 nitrogen and oxygen atoms in total. The van der Waals surface area contributed by atoms with Gasteiger partial charge >= 0.3 is 11.9 Å². The molecule has 1 atom stereocenters. The molecule has 94 valence electrons. The highest BCUT2D eigenvalue weighted by atomic mass is 32.2. The Bertz CT molecular complexity index is 428. The summed E-state index contributed by atoms with van der Waals surface area (Å²) in [5.74, 6) is -0.603. The highest BCUT2D eigenvalue weighted by Gasteiger charge is 2.15. The van der Waals surface area contributed by atoms with Crippen LogP contribution in [0.25, 0.3) is 0 Å². The van der Waals surface area contributed by atoms with Crippen molar-refractivity contribution in [3.05, 3.63) is 23.2 Å². The van der Waals surface area contributed by atoms with Gasteiger partial charge in [-0.05, 0) is 13.0 Å². The Balaban J connectivity index is 2.50. The van der Waals surface area contributed by atoms with Crippen molar-refractivity contribution in [2.24, 2.45) is 5.73 Å². The molecule has 0 aliphatic rings. The van der Waals surface area contributed by atoms with Gasteiger partial charge in [-0.15, -0.1) is 0 Å². The van der Waals surface area contributed by atoms with Crippen LogP contribution in [-0.4, -0.2) is 33.9 Å². The third-order valence-electron chi connectivity index (χ3n) is 2.06. The van der Waals surface area contributed by atoms with Gasteiger partial charge in [0.2, 0.25) is 0 Å². The molecule has 0 aliphatic heterocycles. The van der Waals surface area contributed by atoms with Crippen LogP contribution in [0.2, 0.25) is 0 Å². The first-order chi connectivity index (χ1) is 7.91. The summed E-state index contributed by atoms with van der Waals surface area (Å²) in [6.45, 7) is 1.57. The predicted octanol–water partition coefficient (Wildman–Crippen LogP) is 0.931. The van der Waals surface area contributed by atoms with Crippen molar-refractivity contribution in [3.8, 4) is 0 Å². The number of furan rings is 1. The molecule has 0 saturated heterocycles. The smallest absolute Gasteiger partial charge is 0.339 e. The molecule has 1 aromatic heterocycles. The molecule has 0 aliphatic carbocycles. The standard InChI is InChI=1S/C10H13NO5S/c1-5-7(9(12)13)2-6(16-5)3-17-4-8(11)10(14)15/h2,8H,3-4,11H2,1H3,(H,12,13)(H,14,15). The number of aryl methyl sites for hydroxylation is 1. The number of thioether (sulfide) groups is 1. The van der Waals surface area contributed by atoms with E-state index in [9.17, 15) is 9.59 Å². The summed E-state index contributed by atoms with van der Waals surface area (Å²) in [5.41, 5.74) is 5.45. The lowest BCUT2D eigenvalue weighted by molar-refractivity contribution is -0.137. The molecule has 0 aromatic carbocycles. The van der Waals surface area contributed by atoms with Crippen LogP contribution in [-0.2, 0) is 10.5 Å². The summed E-state index contributed by atoms with van der Waals surface area (Å²) in [6, 6.07) is 0.520. The highest BCUT2D eigenvalue weighted by Crippen LogP contribution is 2.19. The van der Waals surface area contributed by atoms with Gasteiger partial charge in [0, 0.05) is 5.75 Å². The Hall–Kier alpha value is -1.47. The van der Waals surface area contributed by atoms with E-state index in [2.05, 4.69) is 0 Å². The lowest BCUT2D eigenvalue weighted by Crippen LogP contribution is -2.32. The third-order valence-corrected chi connectivity index (χ3v) is 3.14. The number of hydrogen-bond acceptors (Lipinski definition) is 5. The fourth-order valence-electron chi connectivity index (χ4n) is 1.18. The van der Waals surface area contributed by atoms with Crippen molar-refractivity contribution < 1.29 is 24.2 Å². The van der Waals surface area contributed by atoms with Crippen LogP contribution < -0.4 is 5.73 Å². The molecular formula is C10H13NO5S. The molecule has 0 fully saturated rings. The zero-order valence-electron chi connectivity index (χ0n) is 9.17. The zero-order valence-corrected chi connectivity index (χ0v) is 9.99. The maximum Gasteiger partial charge on any atom is 0.339 e. The SMILES string of the molecule is Cc1oc(CSCC(N)C(=O)O)cc1C(=O)O. The second-order valence-corrected chi connectivity index (χ2v) is 4.48. The lowest BCUT2D eigenvalue weighted by atomic mass is 10.2. The van der Waals surface area contributed by atoms with Gasteiger partial charge < -0.3 is 20.4 Å². The van der Waals surface area contributed by atoms with E-state index in [-0.39, 0.29) is 11.3 Å². The predicted molar refractivity (Wildman–Crippen MR) is 62.2 cm³/mol. The Labute approximate surface area is 102 Å². The zero-order chi connectivity index (χ0) is 13.0. The molecule has 0 spiro atoms. The quantitative estimate of drug-likeness (QED) is 0.696. The summed E-state index contributed by atoms with van der Waals surface area (Å²) in [5, 5.41) is 17.4. The van der Waals surface area contributed by atoms with Crippen LogP contribution in [0.1, 0.15) is 21.9 Å². The van der Waals surface area contributed by atoms with Crippen molar-refractivity contribution >= 4 is 23.7 Å². The first kappa shape index (κ1) is 13.6. The lowest BCUT2D eigenvalue weighted by Gasteiger charge is -2.03. The number of aliphatic carboxylic acids is 1. The van der Waals surface area contributed by atoms with Crippen LogP contribution in [0, 0.1) is 6.92 Å². The van der Waals surface area contributed by atoms with Crippen LogP contribution in [0.5, 0.6) is 0 Å². The summed E-state index contributed by atoms with van der Waals surface area (Å²) in [6.07, 6.45) is 0. The Morgan fingerprint density at radius 2 is 2.18 bits per heavy atom. The molecule has 0 amide bonds. The summed E-state index contributed by atoms with van der Waals surface area (Å²) >= 11 is 1.28. The minimum atomic E-state index is -1.06. The van der Waals surface area contributed by atoms with Gasteiger partial charge in [-0.1, -0.05) is 0 Å². The Morgan fingerprint density at radius 3 is 2.65 bits per heavy atom. The number of rotatable bonds is 6. The molecule has 1 rings (SSSR count). The third kappa shape index (κ3) is 3.79. The van der Waals surface area contributed by atoms with Gasteiger partial charge in [0.15, 0.2) is 0 Å². The number of nitrogens with two attached hydrogens (primary N) is 1. The van der Waals surface area contributed by atoms with Gasteiger partial charge in [-0.25, -0.2) is 4.79 Å². The van der Waals surface area contributed by atoms with E-state index in [0.717, 1.165) is 0 Å². The average molecular weight is 259 g/mol. The van der Waals surface area contributed by atoms with Gasteiger partial charge in [0.25, 0.3) is 0 Å². The molecule has 1 aromatic rings. The van der Waals surface area contributed by atoms with Gasteiger partial charge in [-0.3, -0.25) is 4.79 Å². The number of hydrogen-bond donors (Lipinski definition) is 3. The number of carbonyl (C=O) groups is 2. The number of aromatic carboxylic acids is 1. The summed E-state index contributed by atoms with van der Waals surface area (Å²) in [7, 11) is 0. The fourth-order valence-corrected chi connectivity index (χ4v) is 2.04. The van der Waals surface area contributed by atoms with Gasteiger partial charge in [0.1, 0.15) is 23.1 Å². The van der Waals surface area contributed by atoms with Gasteiger partial charge in [-0.2, -0.15) is 11.8 Å². The van der Waals surface area contributed by atoms with Crippen LogP contribution in [0.15, 0.2) is 10.5 Å². The Morgan fingerprint density at radius 1 is 1.53 bits per heavy atom. The van der Waals surface area contributed by atoms with Crippen molar-refractivity contribution in [1.82, 2.24) is 0 Å². The van der Waals surface area contributed by atoms with E-state index < -0.39 is 18.0 Å². The second kappa shape index (κ2) is 5.74. The van der Waals surface area contributed by atoms with E-state index >= 15 is 0 Å². The van der Waals surface area contributed by atoms with E-state index in [4.69, 9.17) is 20.4 Å². The van der Waals surface area contributed by atoms with E-state index in [1.165, 1.54) is 17.8 Å². The molecule has 1 unspecified atom stereocenters.